The number of halogens is 1. The number of aryl methyl sites for hydroxylation is 1. The van der Waals surface area contributed by atoms with Gasteiger partial charge in [0.25, 0.3) is 0 Å². The van der Waals surface area contributed by atoms with Crippen LogP contribution in [0.3, 0.4) is 0 Å². The number of nitrogens with zero attached hydrogens (tertiary/aromatic N) is 4. The summed E-state index contributed by atoms with van der Waals surface area (Å²) in [6.07, 6.45) is 6.31. The molecule has 7 nitrogen and oxygen atoms in total. The zero-order chi connectivity index (χ0) is 19.6. The first-order chi connectivity index (χ1) is 13.7. The van der Waals surface area contributed by atoms with E-state index in [1.54, 1.807) is 0 Å². The lowest BCUT2D eigenvalue weighted by Gasteiger charge is -2.34. The number of piperidine rings is 1. The van der Waals surface area contributed by atoms with Crippen LogP contribution in [0.15, 0.2) is 47.7 Å². The number of benzene rings is 1. The Morgan fingerprint density at radius 1 is 1.31 bits per heavy atom. The summed E-state index contributed by atoms with van der Waals surface area (Å²) in [6.45, 7) is 6.84. The molecule has 1 saturated heterocycles. The van der Waals surface area contributed by atoms with E-state index in [4.69, 9.17) is 4.74 Å². The highest BCUT2D eigenvalue weighted by atomic mass is 127. The maximum atomic E-state index is 5.74. The number of ether oxygens (including phenoxy) is 1. The number of hydrogen-bond acceptors (Lipinski definition) is 4. The number of aliphatic imine (C=N–C) groups is 1. The lowest BCUT2D eigenvalue weighted by Crippen LogP contribution is -2.51. The fourth-order valence-corrected chi connectivity index (χ4v) is 3.40. The van der Waals surface area contributed by atoms with Crippen LogP contribution in [0.1, 0.15) is 25.3 Å². The maximum absolute atomic E-state index is 5.74. The summed E-state index contributed by atoms with van der Waals surface area (Å²) in [7, 11) is 1.96. The van der Waals surface area contributed by atoms with Gasteiger partial charge in [-0.3, -0.25) is 9.67 Å². The molecule has 29 heavy (non-hydrogen) atoms. The molecule has 8 heteroatoms. The summed E-state index contributed by atoms with van der Waals surface area (Å²) in [4.78, 5) is 7.06. The molecule has 0 bridgehead atoms. The highest BCUT2D eigenvalue weighted by Crippen LogP contribution is 2.18. The molecule has 1 aliphatic heterocycles. The van der Waals surface area contributed by atoms with Crippen LogP contribution in [0.2, 0.25) is 0 Å². The monoisotopic (exact) mass is 512 g/mol. The van der Waals surface area contributed by atoms with Crippen molar-refractivity contribution in [3.8, 4) is 0 Å². The fourth-order valence-electron chi connectivity index (χ4n) is 3.40. The molecular formula is C21H33IN6O. The molecule has 0 saturated carbocycles. The average Bonchev–Trinajstić information content (AvgIpc) is 3.15. The van der Waals surface area contributed by atoms with Gasteiger partial charge in [0.05, 0.1) is 31.6 Å². The summed E-state index contributed by atoms with van der Waals surface area (Å²) in [5.41, 5.74) is 2.37. The van der Waals surface area contributed by atoms with Gasteiger partial charge in [0.15, 0.2) is 5.96 Å². The minimum atomic E-state index is 0. The van der Waals surface area contributed by atoms with Crippen molar-refractivity contribution in [2.75, 3.05) is 37.7 Å². The molecule has 1 aliphatic rings. The van der Waals surface area contributed by atoms with E-state index >= 15 is 0 Å². The van der Waals surface area contributed by atoms with Crippen molar-refractivity contribution in [3.63, 3.8) is 0 Å². The van der Waals surface area contributed by atoms with Gasteiger partial charge < -0.3 is 20.3 Å². The van der Waals surface area contributed by atoms with Crippen molar-refractivity contribution in [3.05, 3.63) is 48.3 Å². The van der Waals surface area contributed by atoms with Crippen LogP contribution in [0.5, 0.6) is 0 Å². The first kappa shape index (κ1) is 23.5. The highest BCUT2D eigenvalue weighted by molar-refractivity contribution is 14.0. The van der Waals surface area contributed by atoms with Gasteiger partial charge >= 0.3 is 0 Å². The molecule has 1 unspecified atom stereocenters. The van der Waals surface area contributed by atoms with E-state index in [1.165, 1.54) is 11.3 Å². The third-order valence-corrected chi connectivity index (χ3v) is 4.78. The lowest BCUT2D eigenvalue weighted by atomic mass is 10.1. The first-order valence-corrected chi connectivity index (χ1v) is 10.1. The second-order valence-electron chi connectivity index (χ2n) is 7.10. The number of aromatic nitrogens is 2. The Kier molecular flexibility index (Phi) is 10.3. The number of hydrogen-bond donors (Lipinski definition) is 2. The minimum absolute atomic E-state index is 0. The molecule has 1 fully saturated rings. The van der Waals surface area contributed by atoms with Gasteiger partial charge in [0, 0.05) is 38.9 Å². The van der Waals surface area contributed by atoms with Gasteiger partial charge in [-0.15, -0.1) is 24.0 Å². The maximum Gasteiger partial charge on any atom is 0.191 e. The molecule has 2 heterocycles. The molecule has 1 atom stereocenters. The van der Waals surface area contributed by atoms with E-state index < -0.39 is 0 Å². The van der Waals surface area contributed by atoms with Gasteiger partial charge in [-0.25, -0.2) is 0 Å². The molecule has 0 radical (unpaired) electrons. The van der Waals surface area contributed by atoms with E-state index in [9.17, 15) is 0 Å². The summed E-state index contributed by atoms with van der Waals surface area (Å²) >= 11 is 0. The van der Waals surface area contributed by atoms with Crippen LogP contribution in [-0.2, 0) is 18.4 Å². The SMILES string of the molecule is CCNC(=NCCOCc1ccccc1)NC1CCCN(c2cnn(C)c2)C1.I. The Morgan fingerprint density at radius 2 is 2.14 bits per heavy atom. The average molecular weight is 512 g/mol. The number of nitrogens with one attached hydrogen (secondary N) is 2. The Bertz CT molecular complexity index is 736. The third kappa shape index (κ3) is 7.85. The predicted octanol–water partition coefficient (Wildman–Crippen LogP) is 2.78. The van der Waals surface area contributed by atoms with Crippen LogP contribution in [0.4, 0.5) is 5.69 Å². The lowest BCUT2D eigenvalue weighted by molar-refractivity contribution is 0.128. The molecule has 2 aromatic rings. The predicted molar refractivity (Wildman–Crippen MR) is 129 cm³/mol. The normalized spacial score (nSPS) is 17.0. The van der Waals surface area contributed by atoms with Crippen molar-refractivity contribution in [2.24, 2.45) is 12.0 Å². The zero-order valence-electron chi connectivity index (χ0n) is 17.4. The van der Waals surface area contributed by atoms with E-state index in [2.05, 4.69) is 50.9 Å². The van der Waals surface area contributed by atoms with Gasteiger partial charge in [-0.2, -0.15) is 5.10 Å². The van der Waals surface area contributed by atoms with Crippen molar-refractivity contribution in [1.82, 2.24) is 20.4 Å². The molecular weight excluding hydrogens is 479 g/mol. The zero-order valence-corrected chi connectivity index (χ0v) is 19.7. The Morgan fingerprint density at radius 3 is 2.86 bits per heavy atom. The standard InChI is InChI=1S/C21H32N6O.HI/c1-3-22-21(23-11-13-28-17-18-8-5-4-6-9-18)25-19-10-7-12-27(15-19)20-14-24-26(2)16-20;/h4-6,8-9,14,16,19H,3,7,10-13,15,17H2,1-2H3,(H2,22,23,25);1H. The van der Waals surface area contributed by atoms with Crippen LogP contribution in [0.25, 0.3) is 0 Å². The van der Waals surface area contributed by atoms with Crippen molar-refractivity contribution in [1.29, 1.82) is 0 Å². The number of anilines is 1. The minimum Gasteiger partial charge on any atom is -0.375 e. The molecule has 160 valence electrons. The summed E-state index contributed by atoms with van der Waals surface area (Å²) in [5.74, 6) is 0.865. The van der Waals surface area contributed by atoms with Gasteiger partial charge in [-0.1, -0.05) is 30.3 Å². The first-order valence-electron chi connectivity index (χ1n) is 10.1. The van der Waals surface area contributed by atoms with Crippen LogP contribution < -0.4 is 15.5 Å². The van der Waals surface area contributed by atoms with E-state index in [-0.39, 0.29) is 24.0 Å². The summed E-state index contributed by atoms with van der Waals surface area (Å²) in [5, 5.41) is 11.2. The molecule has 1 aromatic heterocycles. The van der Waals surface area contributed by atoms with E-state index in [1.807, 2.05) is 36.1 Å². The van der Waals surface area contributed by atoms with Crippen LogP contribution in [0, 0.1) is 0 Å². The smallest absolute Gasteiger partial charge is 0.191 e. The van der Waals surface area contributed by atoms with Crippen LogP contribution in [-0.4, -0.2) is 54.6 Å². The van der Waals surface area contributed by atoms with Crippen molar-refractivity contribution >= 4 is 35.6 Å². The van der Waals surface area contributed by atoms with Gasteiger partial charge in [0.2, 0.25) is 0 Å². The van der Waals surface area contributed by atoms with Gasteiger partial charge in [-0.05, 0) is 25.3 Å². The van der Waals surface area contributed by atoms with Gasteiger partial charge in [0.1, 0.15) is 0 Å². The molecule has 3 rings (SSSR count). The highest BCUT2D eigenvalue weighted by Gasteiger charge is 2.21. The van der Waals surface area contributed by atoms with Crippen molar-refractivity contribution < 1.29 is 4.74 Å². The van der Waals surface area contributed by atoms with E-state index in [0.717, 1.165) is 38.4 Å². The number of rotatable bonds is 8. The van der Waals surface area contributed by atoms with Crippen LogP contribution >= 0.6 is 24.0 Å². The summed E-state index contributed by atoms with van der Waals surface area (Å²) in [6, 6.07) is 10.6. The molecule has 0 aliphatic carbocycles. The molecule has 0 spiro atoms. The molecule has 0 amide bonds. The fraction of sp³-hybridized carbons (Fsp3) is 0.524. The Labute approximate surface area is 190 Å². The molecule has 1 aromatic carbocycles. The van der Waals surface area contributed by atoms with E-state index in [0.29, 0.717) is 25.8 Å². The second kappa shape index (κ2) is 12.7. The Hall–Kier alpha value is -1.81. The Balaban J connectivity index is 0.00000300. The largest absolute Gasteiger partial charge is 0.375 e. The quantitative estimate of drug-likeness (QED) is 0.247. The topological polar surface area (TPSA) is 66.7 Å². The second-order valence-corrected chi connectivity index (χ2v) is 7.10. The molecule has 2 N–H and O–H groups in total. The summed E-state index contributed by atoms with van der Waals surface area (Å²) < 4.78 is 7.59. The third-order valence-electron chi connectivity index (χ3n) is 4.78. The number of guanidine groups is 1. The van der Waals surface area contributed by atoms with Crippen molar-refractivity contribution in [2.45, 2.75) is 32.4 Å².